The molecule has 0 fully saturated rings. The third kappa shape index (κ3) is 2.53. The lowest BCUT2D eigenvalue weighted by molar-refractivity contribution is 0.110. The molecule has 0 amide bonds. The van der Waals surface area contributed by atoms with Gasteiger partial charge in [-0.2, -0.15) is 10.2 Å². The molecule has 0 radical (unpaired) electrons. The van der Waals surface area contributed by atoms with Gasteiger partial charge in [0.25, 0.3) is 0 Å². The van der Waals surface area contributed by atoms with E-state index in [1.54, 1.807) is 0 Å². The van der Waals surface area contributed by atoms with Gasteiger partial charge in [0.2, 0.25) is 0 Å². The Bertz CT molecular complexity index is 364. The first-order valence-corrected chi connectivity index (χ1v) is 5.11. The molecule has 0 aliphatic carbocycles. The van der Waals surface area contributed by atoms with Crippen molar-refractivity contribution in [1.82, 2.24) is 0 Å². The average molecular weight is 206 g/mol. The van der Waals surface area contributed by atoms with Crippen LogP contribution in [0.25, 0.3) is 0 Å². The van der Waals surface area contributed by atoms with Crippen LogP contribution in [0.4, 0.5) is 5.69 Å². The Morgan fingerprint density at radius 1 is 1.33 bits per heavy atom. The molecule has 1 aromatic carbocycles. The van der Waals surface area contributed by atoms with E-state index < -0.39 is 0 Å². The maximum atomic E-state index is 5.52. The minimum atomic E-state index is 0.584. The van der Waals surface area contributed by atoms with Gasteiger partial charge in [0.05, 0.1) is 18.8 Å². The fourth-order valence-electron chi connectivity index (χ4n) is 1.43. The molecule has 15 heavy (non-hydrogen) atoms. The van der Waals surface area contributed by atoms with Crippen molar-refractivity contribution in [3.63, 3.8) is 0 Å². The molecule has 4 heteroatoms. The Kier molecular flexibility index (Phi) is 3.29. The number of fused-ring (bicyclic) bond motifs is 1. The minimum Gasteiger partial charge on any atom is -0.491 e. The highest BCUT2D eigenvalue weighted by Gasteiger charge is 2.08. The Hall–Kier alpha value is -1.42. The summed E-state index contributed by atoms with van der Waals surface area (Å²) >= 11 is 0. The van der Waals surface area contributed by atoms with Crippen molar-refractivity contribution in [2.75, 3.05) is 19.8 Å². The zero-order chi connectivity index (χ0) is 10.5. The largest absolute Gasteiger partial charge is 0.491 e. The van der Waals surface area contributed by atoms with Gasteiger partial charge in [-0.25, -0.2) is 0 Å². The quantitative estimate of drug-likeness (QED) is 0.695. The van der Waals surface area contributed by atoms with Gasteiger partial charge in [-0.05, 0) is 25.1 Å². The molecule has 80 valence electrons. The van der Waals surface area contributed by atoms with E-state index in [1.807, 2.05) is 25.1 Å². The van der Waals surface area contributed by atoms with Gasteiger partial charge < -0.3 is 9.47 Å². The van der Waals surface area contributed by atoms with E-state index in [-0.39, 0.29) is 0 Å². The van der Waals surface area contributed by atoms with Crippen LogP contribution >= 0.6 is 0 Å². The summed E-state index contributed by atoms with van der Waals surface area (Å²) in [6.07, 6.45) is 0. The van der Waals surface area contributed by atoms with E-state index in [1.165, 1.54) is 0 Å². The molecule has 1 aliphatic heterocycles. The lowest BCUT2D eigenvalue weighted by Gasteiger charge is -2.06. The lowest BCUT2D eigenvalue weighted by Crippen LogP contribution is -2.06. The second-order valence-electron chi connectivity index (χ2n) is 3.24. The highest BCUT2D eigenvalue weighted by atomic mass is 16.5. The van der Waals surface area contributed by atoms with Crippen LogP contribution in [-0.4, -0.2) is 19.8 Å². The summed E-state index contributed by atoms with van der Waals surface area (Å²) in [5.41, 5.74) is 2.08. The summed E-state index contributed by atoms with van der Waals surface area (Å²) in [6.45, 7) is 4.57. The SMILES string of the molecule is CCOCCOc1ccc2c(c1)CN=N2. The number of rotatable bonds is 5. The minimum absolute atomic E-state index is 0.584. The molecule has 0 unspecified atom stereocenters. The van der Waals surface area contributed by atoms with Crippen LogP contribution in [0.2, 0.25) is 0 Å². The van der Waals surface area contributed by atoms with Crippen molar-refractivity contribution < 1.29 is 9.47 Å². The number of hydrogen-bond acceptors (Lipinski definition) is 4. The van der Waals surface area contributed by atoms with Crippen molar-refractivity contribution in [1.29, 1.82) is 0 Å². The van der Waals surface area contributed by atoms with Crippen LogP contribution in [0, 0.1) is 0 Å². The molecular formula is C11H14N2O2. The number of nitrogens with zero attached hydrogens (tertiary/aromatic N) is 2. The zero-order valence-corrected chi connectivity index (χ0v) is 8.77. The lowest BCUT2D eigenvalue weighted by atomic mass is 10.2. The Balaban J connectivity index is 1.88. The number of hydrogen-bond donors (Lipinski definition) is 0. The van der Waals surface area contributed by atoms with Gasteiger partial charge in [-0.1, -0.05) is 0 Å². The molecule has 0 aromatic heterocycles. The molecule has 1 heterocycles. The number of benzene rings is 1. The molecule has 0 saturated heterocycles. The van der Waals surface area contributed by atoms with E-state index in [0.717, 1.165) is 23.6 Å². The highest BCUT2D eigenvalue weighted by Crippen LogP contribution is 2.29. The summed E-state index contributed by atoms with van der Waals surface area (Å²) in [6, 6.07) is 5.83. The van der Waals surface area contributed by atoms with Gasteiger partial charge in [-0.3, -0.25) is 0 Å². The monoisotopic (exact) mass is 206 g/mol. The van der Waals surface area contributed by atoms with Crippen molar-refractivity contribution in [3.05, 3.63) is 23.8 Å². The molecule has 0 N–H and O–H groups in total. The molecule has 0 saturated carbocycles. The van der Waals surface area contributed by atoms with E-state index in [0.29, 0.717) is 19.8 Å². The molecule has 0 bridgehead atoms. The van der Waals surface area contributed by atoms with Gasteiger partial charge in [0.15, 0.2) is 0 Å². The maximum Gasteiger partial charge on any atom is 0.119 e. The summed E-state index contributed by atoms with van der Waals surface area (Å²) in [5.74, 6) is 0.862. The second kappa shape index (κ2) is 4.89. The predicted molar refractivity (Wildman–Crippen MR) is 56.7 cm³/mol. The predicted octanol–water partition coefficient (Wildman–Crippen LogP) is 2.70. The van der Waals surface area contributed by atoms with Gasteiger partial charge in [0.1, 0.15) is 12.4 Å². The van der Waals surface area contributed by atoms with Crippen LogP contribution in [-0.2, 0) is 11.3 Å². The van der Waals surface area contributed by atoms with Crippen molar-refractivity contribution in [2.24, 2.45) is 10.2 Å². The van der Waals surface area contributed by atoms with Crippen molar-refractivity contribution in [3.8, 4) is 5.75 Å². The molecule has 1 aromatic rings. The molecule has 0 atom stereocenters. The molecule has 0 spiro atoms. The summed E-state index contributed by atoms with van der Waals surface area (Å²) in [4.78, 5) is 0. The van der Waals surface area contributed by atoms with Gasteiger partial charge >= 0.3 is 0 Å². The number of ether oxygens (including phenoxy) is 2. The standard InChI is InChI=1S/C11H14N2O2/c1-2-14-5-6-15-10-3-4-11-9(7-10)8-12-13-11/h3-4,7H,2,5-6,8H2,1H3. The Morgan fingerprint density at radius 2 is 2.27 bits per heavy atom. The first-order chi connectivity index (χ1) is 7.40. The van der Waals surface area contributed by atoms with Crippen molar-refractivity contribution >= 4 is 5.69 Å². The van der Waals surface area contributed by atoms with Crippen molar-refractivity contribution in [2.45, 2.75) is 13.5 Å². The molecule has 2 rings (SSSR count). The Labute approximate surface area is 88.9 Å². The van der Waals surface area contributed by atoms with E-state index in [4.69, 9.17) is 9.47 Å². The third-order valence-electron chi connectivity index (χ3n) is 2.17. The van der Waals surface area contributed by atoms with E-state index in [2.05, 4.69) is 10.2 Å². The van der Waals surface area contributed by atoms with Crippen LogP contribution < -0.4 is 4.74 Å². The first-order valence-electron chi connectivity index (χ1n) is 5.11. The maximum absolute atomic E-state index is 5.52. The van der Waals surface area contributed by atoms with Gasteiger partial charge in [-0.15, -0.1) is 0 Å². The Morgan fingerprint density at radius 3 is 3.13 bits per heavy atom. The summed E-state index contributed by atoms with van der Waals surface area (Å²) in [5, 5.41) is 7.94. The molecule has 4 nitrogen and oxygen atoms in total. The van der Waals surface area contributed by atoms with Crippen LogP contribution in [0.1, 0.15) is 12.5 Å². The topological polar surface area (TPSA) is 43.2 Å². The second-order valence-corrected chi connectivity index (χ2v) is 3.24. The fourth-order valence-corrected chi connectivity index (χ4v) is 1.43. The molecule has 1 aliphatic rings. The number of azo groups is 1. The third-order valence-corrected chi connectivity index (χ3v) is 2.17. The zero-order valence-electron chi connectivity index (χ0n) is 8.77. The average Bonchev–Trinajstić information content (AvgIpc) is 2.71. The van der Waals surface area contributed by atoms with Crippen LogP contribution in [0.5, 0.6) is 5.75 Å². The van der Waals surface area contributed by atoms with Gasteiger partial charge in [0, 0.05) is 12.2 Å². The fraction of sp³-hybridized carbons (Fsp3) is 0.455. The van der Waals surface area contributed by atoms with Crippen LogP contribution in [0.15, 0.2) is 28.4 Å². The highest BCUT2D eigenvalue weighted by molar-refractivity contribution is 5.51. The normalized spacial score (nSPS) is 12.9. The molecular weight excluding hydrogens is 192 g/mol. The smallest absolute Gasteiger partial charge is 0.119 e. The first kappa shape index (κ1) is 10.1. The van der Waals surface area contributed by atoms with Crippen LogP contribution in [0.3, 0.4) is 0 Å². The van der Waals surface area contributed by atoms with E-state index in [9.17, 15) is 0 Å². The van der Waals surface area contributed by atoms with E-state index >= 15 is 0 Å². The summed E-state index contributed by atoms with van der Waals surface area (Å²) < 4.78 is 10.7. The summed E-state index contributed by atoms with van der Waals surface area (Å²) in [7, 11) is 0.